The number of benzene rings is 1. The molecule has 0 atom stereocenters. The summed E-state index contributed by atoms with van der Waals surface area (Å²) in [5.74, 6) is -1.73. The van der Waals surface area contributed by atoms with Gasteiger partial charge in [-0.2, -0.15) is 8.78 Å². The molecular formula is C11H12F2O3S. The first kappa shape index (κ1) is 13.8. The molecule has 0 saturated carbocycles. The molecule has 1 aromatic rings. The van der Waals surface area contributed by atoms with Gasteiger partial charge in [-0.25, -0.2) is 4.79 Å². The van der Waals surface area contributed by atoms with Crippen molar-refractivity contribution in [1.82, 2.24) is 0 Å². The quantitative estimate of drug-likeness (QED) is 0.603. The number of alkyl halides is 2. The molecule has 17 heavy (non-hydrogen) atoms. The Morgan fingerprint density at radius 1 is 1.41 bits per heavy atom. The smallest absolute Gasteiger partial charge is 0.459 e. The Morgan fingerprint density at radius 2 is 2.06 bits per heavy atom. The third-order valence-corrected chi connectivity index (χ3v) is 2.60. The van der Waals surface area contributed by atoms with Gasteiger partial charge in [-0.15, -0.1) is 11.8 Å². The normalized spacial score (nSPS) is 11.1. The van der Waals surface area contributed by atoms with Crippen molar-refractivity contribution < 1.29 is 23.0 Å². The molecule has 0 heterocycles. The molecule has 0 bridgehead atoms. The molecule has 0 aromatic heterocycles. The molecule has 0 saturated heterocycles. The van der Waals surface area contributed by atoms with Crippen molar-refractivity contribution in [2.45, 2.75) is 17.9 Å². The van der Waals surface area contributed by atoms with Gasteiger partial charge in [0.25, 0.3) is 0 Å². The highest BCUT2D eigenvalue weighted by molar-refractivity contribution is 7.98. The number of esters is 1. The molecule has 0 aliphatic rings. The van der Waals surface area contributed by atoms with Crippen LogP contribution in [0.2, 0.25) is 0 Å². The zero-order chi connectivity index (χ0) is 12.9. The minimum Gasteiger partial charge on any atom is -0.459 e. The van der Waals surface area contributed by atoms with Crippen molar-refractivity contribution in [2.24, 2.45) is 0 Å². The van der Waals surface area contributed by atoms with E-state index in [1.165, 1.54) is 24.8 Å². The van der Waals surface area contributed by atoms with Crippen LogP contribution in [-0.2, 0) is 9.53 Å². The highest BCUT2D eigenvalue weighted by Gasteiger charge is 2.44. The van der Waals surface area contributed by atoms with E-state index < -0.39 is 12.1 Å². The Balaban J connectivity index is 2.85. The molecule has 0 fully saturated rings. The van der Waals surface area contributed by atoms with E-state index in [2.05, 4.69) is 9.47 Å². The molecule has 0 aliphatic heterocycles. The molecule has 0 amide bonds. The first-order valence-corrected chi connectivity index (χ1v) is 6.10. The predicted octanol–water partition coefficient (Wildman–Crippen LogP) is 2.94. The average molecular weight is 262 g/mol. The number of halogens is 2. The van der Waals surface area contributed by atoms with Crippen LogP contribution in [0.25, 0.3) is 0 Å². The molecular weight excluding hydrogens is 250 g/mol. The van der Waals surface area contributed by atoms with Crippen molar-refractivity contribution in [1.29, 1.82) is 0 Å². The second-order valence-corrected chi connectivity index (χ2v) is 3.84. The molecule has 0 unspecified atom stereocenters. The zero-order valence-corrected chi connectivity index (χ0v) is 10.2. The first-order chi connectivity index (χ1) is 8.01. The lowest BCUT2D eigenvalue weighted by atomic mass is 10.3. The number of para-hydroxylation sites is 1. The van der Waals surface area contributed by atoms with Gasteiger partial charge in [0.1, 0.15) is 5.75 Å². The number of carbonyl (C=O) groups excluding carboxylic acids is 1. The lowest BCUT2D eigenvalue weighted by molar-refractivity contribution is -0.216. The SMILES string of the molecule is CCOC(=O)C(F)(F)Oc1ccccc1SC. The van der Waals surface area contributed by atoms with Crippen LogP contribution >= 0.6 is 11.8 Å². The summed E-state index contributed by atoms with van der Waals surface area (Å²) in [5, 5.41) is 0. The Morgan fingerprint density at radius 3 is 2.65 bits per heavy atom. The minimum atomic E-state index is -3.97. The van der Waals surface area contributed by atoms with E-state index in [9.17, 15) is 13.6 Å². The van der Waals surface area contributed by atoms with Gasteiger partial charge in [-0.1, -0.05) is 12.1 Å². The topological polar surface area (TPSA) is 35.5 Å². The summed E-state index contributed by atoms with van der Waals surface area (Å²) in [6.45, 7) is 1.33. The van der Waals surface area contributed by atoms with Gasteiger partial charge in [-0.05, 0) is 25.3 Å². The summed E-state index contributed by atoms with van der Waals surface area (Å²) in [5.41, 5.74) is 0. The van der Waals surface area contributed by atoms with Crippen LogP contribution in [0, 0.1) is 0 Å². The summed E-state index contributed by atoms with van der Waals surface area (Å²) >= 11 is 1.25. The molecule has 0 aliphatic carbocycles. The predicted molar refractivity (Wildman–Crippen MR) is 60.4 cm³/mol. The van der Waals surface area contributed by atoms with Gasteiger partial charge in [-0.3, -0.25) is 0 Å². The maximum atomic E-state index is 13.3. The van der Waals surface area contributed by atoms with Gasteiger partial charge in [0.2, 0.25) is 0 Å². The van der Waals surface area contributed by atoms with Crippen LogP contribution < -0.4 is 4.74 Å². The highest BCUT2D eigenvalue weighted by Crippen LogP contribution is 2.31. The molecule has 6 heteroatoms. The van der Waals surface area contributed by atoms with E-state index in [1.807, 2.05) is 0 Å². The summed E-state index contributed by atoms with van der Waals surface area (Å²) in [4.78, 5) is 11.5. The number of thioether (sulfide) groups is 1. The fourth-order valence-electron chi connectivity index (χ4n) is 1.10. The van der Waals surface area contributed by atoms with E-state index in [0.29, 0.717) is 4.90 Å². The molecule has 0 N–H and O–H groups in total. The zero-order valence-electron chi connectivity index (χ0n) is 9.41. The first-order valence-electron chi connectivity index (χ1n) is 4.88. The van der Waals surface area contributed by atoms with Crippen molar-refractivity contribution in [3.05, 3.63) is 24.3 Å². The molecule has 1 aromatic carbocycles. The largest absolute Gasteiger partial charge is 0.502 e. The fraction of sp³-hybridized carbons (Fsp3) is 0.364. The lowest BCUT2D eigenvalue weighted by Gasteiger charge is -2.17. The lowest BCUT2D eigenvalue weighted by Crippen LogP contribution is -2.37. The Labute approximate surface area is 102 Å². The van der Waals surface area contributed by atoms with Crippen LogP contribution in [0.4, 0.5) is 8.78 Å². The maximum Gasteiger partial charge on any atom is 0.502 e. The van der Waals surface area contributed by atoms with Gasteiger partial charge < -0.3 is 9.47 Å². The van der Waals surface area contributed by atoms with Gasteiger partial charge in [0.05, 0.1) is 6.61 Å². The van der Waals surface area contributed by atoms with E-state index in [0.717, 1.165) is 0 Å². The molecule has 1 rings (SSSR count). The van der Waals surface area contributed by atoms with Crippen molar-refractivity contribution in [2.75, 3.05) is 12.9 Å². The monoisotopic (exact) mass is 262 g/mol. The van der Waals surface area contributed by atoms with Crippen LogP contribution in [-0.4, -0.2) is 24.9 Å². The van der Waals surface area contributed by atoms with Gasteiger partial charge >= 0.3 is 12.1 Å². The highest BCUT2D eigenvalue weighted by atomic mass is 32.2. The van der Waals surface area contributed by atoms with Gasteiger partial charge in [0, 0.05) is 4.90 Å². The van der Waals surface area contributed by atoms with E-state index >= 15 is 0 Å². The number of rotatable bonds is 5. The van der Waals surface area contributed by atoms with E-state index in [4.69, 9.17) is 0 Å². The number of hydrogen-bond acceptors (Lipinski definition) is 4. The second-order valence-electron chi connectivity index (χ2n) is 2.99. The average Bonchev–Trinajstić information content (AvgIpc) is 2.29. The Hall–Kier alpha value is -1.30. The summed E-state index contributed by atoms with van der Waals surface area (Å²) < 4.78 is 35.2. The minimum absolute atomic E-state index is 0.0435. The van der Waals surface area contributed by atoms with E-state index in [-0.39, 0.29) is 12.4 Å². The van der Waals surface area contributed by atoms with Crippen LogP contribution in [0.3, 0.4) is 0 Å². The van der Waals surface area contributed by atoms with Crippen LogP contribution in [0.5, 0.6) is 5.75 Å². The van der Waals surface area contributed by atoms with Crippen molar-refractivity contribution in [3.63, 3.8) is 0 Å². The Kier molecular flexibility index (Phi) is 4.74. The maximum absolute atomic E-state index is 13.3. The molecule has 0 spiro atoms. The van der Waals surface area contributed by atoms with Gasteiger partial charge in [0.15, 0.2) is 0 Å². The van der Waals surface area contributed by atoms with E-state index in [1.54, 1.807) is 24.5 Å². The third-order valence-electron chi connectivity index (χ3n) is 1.82. The number of carbonyl (C=O) groups is 1. The number of hydrogen-bond donors (Lipinski definition) is 0. The van der Waals surface area contributed by atoms with Crippen LogP contribution in [0.1, 0.15) is 6.92 Å². The second kappa shape index (κ2) is 5.86. The van der Waals surface area contributed by atoms with Crippen molar-refractivity contribution >= 4 is 17.7 Å². The van der Waals surface area contributed by atoms with Crippen molar-refractivity contribution in [3.8, 4) is 5.75 Å². The molecule has 3 nitrogen and oxygen atoms in total. The summed E-state index contributed by atoms with van der Waals surface area (Å²) in [7, 11) is 0. The summed E-state index contributed by atoms with van der Waals surface area (Å²) in [6, 6.07) is 6.25. The summed E-state index contributed by atoms with van der Waals surface area (Å²) in [6.07, 6.45) is -2.24. The molecule has 94 valence electrons. The fourth-order valence-corrected chi connectivity index (χ4v) is 1.62. The third kappa shape index (κ3) is 3.59. The Bertz CT molecular complexity index is 396. The molecule has 0 radical (unpaired) electrons. The standard InChI is InChI=1S/C11H12F2O3S/c1-3-15-10(14)11(12,13)16-8-6-4-5-7-9(8)17-2/h4-7H,3H2,1-2H3. The van der Waals surface area contributed by atoms with Crippen LogP contribution in [0.15, 0.2) is 29.2 Å². The number of ether oxygens (including phenoxy) is 2.